The number of carbonyl (C=O) groups is 1. The Morgan fingerprint density at radius 2 is 1.90 bits per heavy atom. The second kappa shape index (κ2) is 9.38. The number of carbonyl (C=O) groups excluding carboxylic acids is 1. The quantitative estimate of drug-likeness (QED) is 0.692. The maximum absolute atomic E-state index is 12.4. The fourth-order valence-corrected chi connectivity index (χ4v) is 4.81. The van der Waals surface area contributed by atoms with Crippen molar-refractivity contribution in [2.75, 3.05) is 23.3 Å². The van der Waals surface area contributed by atoms with Crippen molar-refractivity contribution >= 4 is 39.9 Å². The third-order valence-corrected chi connectivity index (χ3v) is 6.65. The predicted molar refractivity (Wildman–Crippen MR) is 123 cm³/mol. The van der Waals surface area contributed by atoms with E-state index in [0.29, 0.717) is 11.4 Å². The predicted octanol–water partition coefficient (Wildman–Crippen LogP) is 4.33. The molecule has 7 heteroatoms. The number of aromatic nitrogens is 2. The van der Waals surface area contributed by atoms with Crippen LogP contribution in [0, 0.1) is 5.92 Å². The molecule has 0 unspecified atom stereocenters. The second-order valence-corrected chi connectivity index (χ2v) is 9.56. The Hall–Kier alpha value is -2.08. The SMILES string of the molecule is CC(C)NC(=O)C1CCN(c2nc(NC3CCC(Cl)CC3)cc3cnccc23)CC1. The summed E-state index contributed by atoms with van der Waals surface area (Å²) in [6.45, 7) is 5.69. The van der Waals surface area contributed by atoms with Gasteiger partial charge in [-0.15, -0.1) is 11.6 Å². The Balaban J connectivity index is 1.51. The number of fused-ring (bicyclic) bond motifs is 1. The first-order valence-electron chi connectivity index (χ1n) is 11.2. The molecule has 0 radical (unpaired) electrons. The van der Waals surface area contributed by atoms with E-state index < -0.39 is 0 Å². The highest BCUT2D eigenvalue weighted by atomic mass is 35.5. The van der Waals surface area contributed by atoms with E-state index in [1.165, 1.54) is 0 Å². The van der Waals surface area contributed by atoms with Crippen LogP contribution in [-0.2, 0) is 4.79 Å². The summed E-state index contributed by atoms with van der Waals surface area (Å²) in [5, 5.41) is 9.20. The lowest BCUT2D eigenvalue weighted by Crippen LogP contribution is -2.42. The molecular formula is C23H32ClN5O. The van der Waals surface area contributed by atoms with Crippen LogP contribution in [0.2, 0.25) is 0 Å². The molecule has 2 aliphatic rings. The highest BCUT2D eigenvalue weighted by Gasteiger charge is 2.27. The molecule has 1 saturated carbocycles. The Labute approximate surface area is 183 Å². The number of hydrogen-bond acceptors (Lipinski definition) is 5. The van der Waals surface area contributed by atoms with Crippen LogP contribution in [0.25, 0.3) is 10.8 Å². The molecule has 0 bridgehead atoms. The van der Waals surface area contributed by atoms with Gasteiger partial charge in [0.1, 0.15) is 11.6 Å². The molecule has 3 heterocycles. The lowest BCUT2D eigenvalue weighted by atomic mass is 9.95. The van der Waals surface area contributed by atoms with Crippen LogP contribution in [-0.4, -0.2) is 46.4 Å². The number of nitrogens with one attached hydrogen (secondary N) is 2. The minimum atomic E-state index is 0.0867. The maximum Gasteiger partial charge on any atom is 0.223 e. The molecule has 6 nitrogen and oxygen atoms in total. The van der Waals surface area contributed by atoms with Gasteiger partial charge in [-0.2, -0.15) is 0 Å². The van der Waals surface area contributed by atoms with Gasteiger partial charge in [0.15, 0.2) is 0 Å². The van der Waals surface area contributed by atoms with Crippen LogP contribution in [0.4, 0.5) is 11.6 Å². The smallest absolute Gasteiger partial charge is 0.223 e. The monoisotopic (exact) mass is 429 g/mol. The standard InChI is InChI=1S/C23H32ClN5O/c1-15(2)26-23(30)16-8-11-29(12-9-16)22-20-7-10-25-14-17(20)13-21(28-22)27-19-5-3-18(24)4-6-19/h7,10,13-16,18-19H,3-6,8-9,11-12H2,1-2H3,(H,26,30)(H,27,28). The van der Waals surface area contributed by atoms with Gasteiger partial charge in [-0.25, -0.2) is 4.98 Å². The van der Waals surface area contributed by atoms with Crippen molar-refractivity contribution in [1.82, 2.24) is 15.3 Å². The summed E-state index contributed by atoms with van der Waals surface area (Å²) in [6.07, 6.45) is 9.68. The Kier molecular flexibility index (Phi) is 6.61. The number of amides is 1. The van der Waals surface area contributed by atoms with Gasteiger partial charge in [0.05, 0.1) is 0 Å². The molecule has 0 aromatic carbocycles. The summed E-state index contributed by atoms with van der Waals surface area (Å²) in [7, 11) is 0. The van der Waals surface area contributed by atoms with Gasteiger partial charge in [-0.1, -0.05) is 0 Å². The van der Waals surface area contributed by atoms with Gasteiger partial charge in [-0.05, 0) is 64.5 Å². The molecule has 0 atom stereocenters. The molecule has 1 aliphatic heterocycles. The zero-order valence-electron chi connectivity index (χ0n) is 17.9. The summed E-state index contributed by atoms with van der Waals surface area (Å²) in [5.74, 6) is 2.16. The zero-order valence-corrected chi connectivity index (χ0v) is 18.7. The van der Waals surface area contributed by atoms with E-state index in [-0.39, 0.29) is 17.9 Å². The van der Waals surface area contributed by atoms with E-state index in [0.717, 1.165) is 74.0 Å². The number of piperidine rings is 1. The van der Waals surface area contributed by atoms with Crippen molar-refractivity contribution in [3.63, 3.8) is 0 Å². The second-order valence-electron chi connectivity index (χ2n) is 8.95. The third-order valence-electron chi connectivity index (χ3n) is 6.22. The minimum absolute atomic E-state index is 0.0867. The molecular weight excluding hydrogens is 398 g/mol. The number of nitrogens with zero attached hydrogens (tertiary/aromatic N) is 3. The fourth-order valence-electron chi connectivity index (χ4n) is 4.56. The number of pyridine rings is 2. The van der Waals surface area contributed by atoms with Gasteiger partial charge >= 0.3 is 0 Å². The molecule has 2 aromatic heterocycles. The molecule has 2 aromatic rings. The molecule has 162 valence electrons. The summed E-state index contributed by atoms with van der Waals surface area (Å²) < 4.78 is 0. The average molecular weight is 430 g/mol. The normalized spacial score (nSPS) is 23.0. The van der Waals surface area contributed by atoms with E-state index >= 15 is 0 Å². The number of hydrogen-bond donors (Lipinski definition) is 2. The van der Waals surface area contributed by atoms with Crippen molar-refractivity contribution < 1.29 is 4.79 Å². The largest absolute Gasteiger partial charge is 0.367 e. The number of halogens is 1. The molecule has 1 aliphatic carbocycles. The number of anilines is 2. The van der Waals surface area contributed by atoms with Gasteiger partial charge < -0.3 is 15.5 Å². The molecule has 4 rings (SSSR count). The highest BCUT2D eigenvalue weighted by molar-refractivity contribution is 6.20. The van der Waals surface area contributed by atoms with Gasteiger partial charge in [-0.3, -0.25) is 9.78 Å². The van der Waals surface area contributed by atoms with Crippen molar-refractivity contribution in [2.24, 2.45) is 5.92 Å². The maximum atomic E-state index is 12.4. The lowest BCUT2D eigenvalue weighted by molar-refractivity contribution is -0.126. The van der Waals surface area contributed by atoms with E-state index in [9.17, 15) is 4.79 Å². The first-order valence-corrected chi connectivity index (χ1v) is 11.6. The summed E-state index contributed by atoms with van der Waals surface area (Å²) in [4.78, 5) is 24.0. The van der Waals surface area contributed by atoms with Crippen molar-refractivity contribution in [3.8, 4) is 0 Å². The average Bonchev–Trinajstić information content (AvgIpc) is 2.74. The molecule has 1 amide bonds. The number of alkyl halides is 1. The molecule has 0 spiro atoms. The van der Waals surface area contributed by atoms with Crippen LogP contribution < -0.4 is 15.5 Å². The van der Waals surface area contributed by atoms with E-state index in [4.69, 9.17) is 16.6 Å². The first kappa shape index (κ1) is 21.2. The summed E-state index contributed by atoms with van der Waals surface area (Å²) >= 11 is 6.26. The number of rotatable bonds is 5. The zero-order chi connectivity index (χ0) is 21.1. The minimum Gasteiger partial charge on any atom is -0.367 e. The summed E-state index contributed by atoms with van der Waals surface area (Å²) in [6, 6.07) is 4.74. The third kappa shape index (κ3) is 4.97. The molecule has 2 fully saturated rings. The van der Waals surface area contributed by atoms with E-state index in [1.807, 2.05) is 32.3 Å². The van der Waals surface area contributed by atoms with Crippen LogP contribution in [0.5, 0.6) is 0 Å². The van der Waals surface area contributed by atoms with Crippen molar-refractivity contribution in [3.05, 3.63) is 24.5 Å². The highest BCUT2D eigenvalue weighted by Crippen LogP contribution is 2.32. The van der Waals surface area contributed by atoms with Crippen LogP contribution in [0.15, 0.2) is 24.5 Å². The summed E-state index contributed by atoms with van der Waals surface area (Å²) in [5.41, 5.74) is 0. The van der Waals surface area contributed by atoms with Crippen LogP contribution >= 0.6 is 11.6 Å². The van der Waals surface area contributed by atoms with Crippen LogP contribution in [0.1, 0.15) is 52.4 Å². The van der Waals surface area contributed by atoms with Crippen LogP contribution in [0.3, 0.4) is 0 Å². The Morgan fingerprint density at radius 1 is 1.17 bits per heavy atom. The topological polar surface area (TPSA) is 70.2 Å². The molecule has 30 heavy (non-hydrogen) atoms. The van der Waals surface area contributed by atoms with Crippen molar-refractivity contribution in [1.29, 1.82) is 0 Å². The Bertz CT molecular complexity index is 873. The lowest BCUT2D eigenvalue weighted by Gasteiger charge is -2.33. The van der Waals surface area contributed by atoms with E-state index in [1.54, 1.807) is 0 Å². The van der Waals surface area contributed by atoms with Crippen molar-refractivity contribution in [2.45, 2.75) is 69.8 Å². The Morgan fingerprint density at radius 3 is 2.60 bits per heavy atom. The van der Waals surface area contributed by atoms with Gasteiger partial charge in [0.25, 0.3) is 0 Å². The van der Waals surface area contributed by atoms with E-state index in [2.05, 4.69) is 26.6 Å². The molecule has 1 saturated heterocycles. The van der Waals surface area contributed by atoms with Gasteiger partial charge in [0, 0.05) is 59.6 Å². The fraction of sp³-hybridized carbons (Fsp3) is 0.609. The molecule has 2 N–H and O–H groups in total. The van der Waals surface area contributed by atoms with Gasteiger partial charge in [0.2, 0.25) is 5.91 Å². The first-order chi connectivity index (χ1) is 14.5.